The van der Waals surface area contributed by atoms with Crippen molar-refractivity contribution in [2.45, 2.75) is 9.37 Å². The average Bonchev–Trinajstić information content (AvgIpc) is 3.01. The molecule has 0 amide bonds. The Morgan fingerprint density at radius 1 is 1.17 bits per heavy atom. The molecule has 0 unspecified atom stereocenters. The van der Waals surface area contributed by atoms with Gasteiger partial charge in [-0.2, -0.15) is 5.10 Å². The predicted molar refractivity (Wildman–Crippen MR) is 97.0 cm³/mol. The van der Waals surface area contributed by atoms with E-state index in [-0.39, 0.29) is 5.56 Å². The van der Waals surface area contributed by atoms with Crippen LogP contribution in [-0.2, 0) is 0 Å². The van der Waals surface area contributed by atoms with Crippen molar-refractivity contribution in [2.75, 3.05) is 0 Å². The van der Waals surface area contributed by atoms with Crippen molar-refractivity contribution in [3.05, 3.63) is 64.6 Å². The van der Waals surface area contributed by atoms with Crippen molar-refractivity contribution in [3.63, 3.8) is 0 Å². The van der Waals surface area contributed by atoms with Crippen LogP contribution >= 0.6 is 23.1 Å². The summed E-state index contributed by atoms with van der Waals surface area (Å²) in [6.45, 7) is 0. The summed E-state index contributed by atoms with van der Waals surface area (Å²) >= 11 is 2.90. The van der Waals surface area contributed by atoms with E-state index in [0.29, 0.717) is 16.2 Å². The highest BCUT2D eigenvalue weighted by Crippen LogP contribution is 2.34. The van der Waals surface area contributed by atoms with Gasteiger partial charge in [0.05, 0.1) is 22.0 Å². The number of hydrogen-bond acceptors (Lipinski definition) is 7. The Morgan fingerprint density at radius 2 is 2.00 bits per heavy atom. The monoisotopic (exact) mass is 353 g/mol. The fraction of sp³-hybridized carbons (Fsp3) is 0. The zero-order chi connectivity index (χ0) is 16.5. The number of rotatable bonds is 3. The number of nitrogens with zero attached hydrogens (tertiary/aromatic N) is 4. The van der Waals surface area contributed by atoms with E-state index in [1.807, 2.05) is 30.3 Å². The number of hydrogen-bond donors (Lipinski definition) is 1. The molecule has 0 saturated carbocycles. The summed E-state index contributed by atoms with van der Waals surface area (Å²) < 4.78 is 3.38. The van der Waals surface area contributed by atoms with Gasteiger partial charge in [-0.05, 0) is 36.0 Å². The van der Waals surface area contributed by atoms with E-state index >= 15 is 0 Å². The first kappa shape index (κ1) is 14.9. The van der Waals surface area contributed by atoms with Crippen LogP contribution in [0.15, 0.2) is 67.9 Å². The third-order valence-electron chi connectivity index (χ3n) is 3.40. The Morgan fingerprint density at radius 3 is 2.83 bits per heavy atom. The second-order valence-electron chi connectivity index (χ2n) is 4.89. The zero-order valence-corrected chi connectivity index (χ0v) is 13.9. The Bertz CT molecular complexity index is 1100. The van der Waals surface area contributed by atoms with Crippen LogP contribution in [0.4, 0.5) is 0 Å². The molecule has 0 spiro atoms. The molecule has 0 aliphatic rings. The van der Waals surface area contributed by atoms with Crippen LogP contribution in [0, 0.1) is 0 Å². The second kappa shape index (κ2) is 6.06. The molecule has 6 nitrogen and oxygen atoms in total. The maximum absolute atomic E-state index is 12.6. The molecule has 0 atom stereocenters. The number of pyridine rings is 1. The lowest BCUT2D eigenvalue weighted by molar-refractivity contribution is 0.975. The largest absolute Gasteiger partial charge is 0.323 e. The van der Waals surface area contributed by atoms with Crippen molar-refractivity contribution < 1.29 is 0 Å². The number of thiazole rings is 1. The summed E-state index contributed by atoms with van der Waals surface area (Å²) in [5, 5.41) is 4.05. The van der Waals surface area contributed by atoms with Gasteiger partial charge < -0.3 is 5.84 Å². The fourth-order valence-corrected chi connectivity index (χ4v) is 4.39. The van der Waals surface area contributed by atoms with Gasteiger partial charge in [-0.15, -0.1) is 11.3 Å². The molecule has 8 heteroatoms. The van der Waals surface area contributed by atoms with Crippen molar-refractivity contribution in [2.24, 2.45) is 10.9 Å². The molecule has 0 bridgehead atoms. The average molecular weight is 353 g/mol. The zero-order valence-electron chi connectivity index (χ0n) is 12.3. The van der Waals surface area contributed by atoms with Gasteiger partial charge in [0.25, 0.3) is 5.56 Å². The first-order chi connectivity index (χ1) is 11.8. The number of para-hydroxylation sites is 1. The van der Waals surface area contributed by atoms with Crippen LogP contribution in [0.1, 0.15) is 5.56 Å². The Kier molecular flexibility index (Phi) is 3.75. The summed E-state index contributed by atoms with van der Waals surface area (Å²) in [6.07, 6.45) is 3.01. The third kappa shape index (κ3) is 2.55. The first-order valence-electron chi connectivity index (χ1n) is 7.04. The van der Waals surface area contributed by atoms with Crippen molar-refractivity contribution in [1.82, 2.24) is 14.4 Å². The summed E-state index contributed by atoms with van der Waals surface area (Å²) in [5.74, 6) is 5.27. The number of hydrazone groups is 1. The van der Waals surface area contributed by atoms with Gasteiger partial charge in [0.2, 0.25) is 0 Å². The standard InChI is InChI=1S/C16H11N5OS2/c17-18-9-10-14(20-13-7-3-4-8-21(13)15(10)22)24-16-19-11-5-1-2-6-12(11)23-16/h1-9H,17H2/b18-9-. The lowest BCUT2D eigenvalue weighted by atomic mass is 10.3. The molecule has 3 aromatic heterocycles. The van der Waals surface area contributed by atoms with Gasteiger partial charge in [0, 0.05) is 6.20 Å². The van der Waals surface area contributed by atoms with Gasteiger partial charge in [0.15, 0.2) is 4.34 Å². The van der Waals surface area contributed by atoms with Crippen LogP contribution in [0.2, 0.25) is 0 Å². The molecule has 1 aromatic carbocycles. The summed E-state index contributed by atoms with van der Waals surface area (Å²) in [7, 11) is 0. The molecular weight excluding hydrogens is 342 g/mol. The maximum Gasteiger partial charge on any atom is 0.267 e. The molecular formula is C16H11N5OS2. The first-order valence-corrected chi connectivity index (χ1v) is 8.67. The summed E-state index contributed by atoms with van der Waals surface area (Å²) in [5.41, 5.74) is 1.64. The minimum absolute atomic E-state index is 0.210. The van der Waals surface area contributed by atoms with E-state index in [1.54, 1.807) is 29.7 Å². The van der Waals surface area contributed by atoms with Crippen LogP contribution in [0.5, 0.6) is 0 Å². The van der Waals surface area contributed by atoms with Crippen LogP contribution < -0.4 is 11.4 Å². The van der Waals surface area contributed by atoms with E-state index in [1.165, 1.54) is 22.4 Å². The topological polar surface area (TPSA) is 85.6 Å². The Labute approximate surface area is 144 Å². The van der Waals surface area contributed by atoms with E-state index in [9.17, 15) is 4.79 Å². The van der Waals surface area contributed by atoms with Crippen LogP contribution in [-0.4, -0.2) is 20.6 Å². The molecule has 3 heterocycles. The molecule has 0 fully saturated rings. The van der Waals surface area contributed by atoms with Gasteiger partial charge >= 0.3 is 0 Å². The highest BCUT2D eigenvalue weighted by molar-refractivity contribution is 8.01. The third-order valence-corrected chi connectivity index (χ3v) is 5.50. The number of benzene rings is 1. The molecule has 118 valence electrons. The van der Waals surface area contributed by atoms with E-state index in [4.69, 9.17) is 5.84 Å². The molecule has 0 saturated heterocycles. The van der Waals surface area contributed by atoms with Crippen LogP contribution in [0.3, 0.4) is 0 Å². The molecule has 4 aromatic rings. The molecule has 2 N–H and O–H groups in total. The molecule has 0 aliphatic carbocycles. The Hall–Kier alpha value is -2.71. The van der Waals surface area contributed by atoms with Gasteiger partial charge in [-0.3, -0.25) is 9.20 Å². The number of aromatic nitrogens is 3. The van der Waals surface area contributed by atoms with Gasteiger partial charge in [0.1, 0.15) is 10.7 Å². The predicted octanol–water partition coefficient (Wildman–Crippen LogP) is 2.75. The maximum atomic E-state index is 12.6. The van der Waals surface area contributed by atoms with Gasteiger partial charge in [-0.1, -0.05) is 18.2 Å². The highest BCUT2D eigenvalue weighted by Gasteiger charge is 2.14. The normalized spacial score (nSPS) is 11.7. The quantitative estimate of drug-likeness (QED) is 0.265. The highest BCUT2D eigenvalue weighted by atomic mass is 32.2. The summed E-state index contributed by atoms with van der Waals surface area (Å²) in [6, 6.07) is 13.3. The Balaban J connectivity index is 1.88. The van der Waals surface area contributed by atoms with Gasteiger partial charge in [-0.25, -0.2) is 9.97 Å². The summed E-state index contributed by atoms with van der Waals surface area (Å²) in [4.78, 5) is 21.8. The molecule has 0 aliphatic heterocycles. The minimum Gasteiger partial charge on any atom is -0.323 e. The fourth-order valence-electron chi connectivity index (χ4n) is 2.32. The van der Waals surface area contributed by atoms with Crippen molar-refractivity contribution >= 4 is 45.2 Å². The van der Waals surface area contributed by atoms with Crippen molar-refractivity contribution in [1.29, 1.82) is 0 Å². The number of fused-ring (bicyclic) bond motifs is 2. The second-order valence-corrected chi connectivity index (χ2v) is 7.16. The minimum atomic E-state index is -0.210. The van der Waals surface area contributed by atoms with Crippen LogP contribution in [0.25, 0.3) is 15.9 Å². The smallest absolute Gasteiger partial charge is 0.267 e. The van der Waals surface area contributed by atoms with E-state index < -0.39 is 0 Å². The number of nitrogens with two attached hydrogens (primary N) is 1. The molecule has 0 radical (unpaired) electrons. The lowest BCUT2D eigenvalue weighted by Gasteiger charge is -2.05. The lowest BCUT2D eigenvalue weighted by Crippen LogP contribution is -2.21. The van der Waals surface area contributed by atoms with E-state index in [2.05, 4.69) is 15.1 Å². The SMILES string of the molecule is N/N=C\c1c(Sc2nc3ccccc3s2)nc2ccccn2c1=O. The molecule has 24 heavy (non-hydrogen) atoms. The van der Waals surface area contributed by atoms with Crippen molar-refractivity contribution in [3.8, 4) is 0 Å². The van der Waals surface area contributed by atoms with E-state index in [0.717, 1.165) is 14.6 Å². The molecule has 4 rings (SSSR count).